The van der Waals surface area contributed by atoms with E-state index >= 15 is 0 Å². The number of oxime groups is 1. The molecule has 2 heterocycles. The van der Waals surface area contributed by atoms with E-state index in [1.54, 1.807) is 0 Å². The van der Waals surface area contributed by atoms with Crippen molar-refractivity contribution in [1.82, 2.24) is 10.2 Å². The van der Waals surface area contributed by atoms with Gasteiger partial charge < -0.3 is 20.0 Å². The first-order valence-corrected chi connectivity index (χ1v) is 9.44. The molecule has 2 atom stereocenters. The number of carboxylic acid groups (broad SMARTS) is 1. The quantitative estimate of drug-likeness (QED) is 0.164. The van der Waals surface area contributed by atoms with Gasteiger partial charge in [-0.25, -0.2) is 4.79 Å². The first-order chi connectivity index (χ1) is 12.4. The van der Waals surface area contributed by atoms with Crippen molar-refractivity contribution in [2.45, 2.75) is 11.4 Å². The number of ketones is 1. The fourth-order valence-electron chi connectivity index (χ4n) is 2.55. The number of halogens is 1. The van der Waals surface area contributed by atoms with E-state index in [4.69, 9.17) is 4.74 Å². The highest BCUT2D eigenvalue weighted by Gasteiger charge is 2.54. The van der Waals surface area contributed by atoms with Gasteiger partial charge in [0.25, 0.3) is 11.8 Å². The Bertz CT molecular complexity index is 709. The number of hydrogen-bond acceptors (Lipinski definition) is 8. The summed E-state index contributed by atoms with van der Waals surface area (Å²) in [6.45, 7) is 0.0898. The van der Waals surface area contributed by atoms with Gasteiger partial charge in [-0.1, -0.05) is 21.1 Å². The molecule has 2 amide bonds. The molecule has 0 aromatic rings. The van der Waals surface area contributed by atoms with Crippen LogP contribution >= 0.6 is 27.7 Å². The minimum Gasteiger partial charge on any atom is -0.477 e. The van der Waals surface area contributed by atoms with Crippen LogP contribution in [0.3, 0.4) is 0 Å². The summed E-state index contributed by atoms with van der Waals surface area (Å²) >= 11 is 4.23. The van der Waals surface area contributed by atoms with Gasteiger partial charge in [0.2, 0.25) is 11.5 Å². The Labute approximate surface area is 161 Å². The van der Waals surface area contributed by atoms with Crippen molar-refractivity contribution >= 4 is 57.0 Å². The average Bonchev–Trinajstić information content (AvgIpc) is 2.62. The summed E-state index contributed by atoms with van der Waals surface area (Å²) in [5, 5.41) is 14.5. The number of hydrogen-bond donors (Lipinski definition) is 2. The lowest BCUT2D eigenvalue weighted by molar-refractivity contribution is -0.150. The van der Waals surface area contributed by atoms with E-state index in [1.807, 2.05) is 0 Å². The second-order valence-corrected chi connectivity index (χ2v) is 6.90. The third kappa shape index (κ3) is 3.76. The smallest absolute Gasteiger partial charge is 0.352 e. The number of ether oxygens (including phenoxy) is 1. The molecule has 1 unspecified atom stereocenters. The van der Waals surface area contributed by atoms with Gasteiger partial charge in [-0.2, -0.15) is 0 Å². The van der Waals surface area contributed by atoms with Crippen LogP contribution in [0.4, 0.5) is 0 Å². The lowest BCUT2D eigenvalue weighted by atomic mass is 10.0. The maximum absolute atomic E-state index is 12.4. The highest BCUT2D eigenvalue weighted by atomic mass is 79.9. The predicted octanol–water partition coefficient (Wildman–Crippen LogP) is -0.662. The van der Waals surface area contributed by atoms with Crippen LogP contribution in [-0.4, -0.2) is 82.6 Å². The number of nitrogens with zero attached hydrogens (tertiary/aromatic N) is 2. The predicted molar refractivity (Wildman–Crippen MR) is 94.8 cm³/mol. The van der Waals surface area contributed by atoms with E-state index < -0.39 is 40.7 Å². The molecular weight excluding hydrogens is 434 g/mol. The molecule has 1 fully saturated rings. The standard InChI is InChI=1S/C14H16BrN3O7S/c1-24-4-6-5-26-13-9(12(21)18(13)10(6)14(22)23)16-11(20)8(17-25-2)7(19)3-15/h9,13H,3-5H2,1-2H3,(H,16,20)(H,22,23)/b17-8-/t9?,13-/m0/s1. The topological polar surface area (TPSA) is 135 Å². The molecule has 142 valence electrons. The molecule has 0 radical (unpaired) electrons. The van der Waals surface area contributed by atoms with E-state index in [9.17, 15) is 24.3 Å². The molecule has 2 N–H and O–H groups in total. The molecule has 10 nitrogen and oxygen atoms in total. The molecule has 0 saturated carbocycles. The van der Waals surface area contributed by atoms with Gasteiger partial charge >= 0.3 is 5.97 Å². The number of rotatable bonds is 8. The fraction of sp³-hybridized carbons (Fsp3) is 0.500. The third-order valence-corrected chi connectivity index (χ3v) is 5.49. The van der Waals surface area contributed by atoms with Crippen molar-refractivity contribution in [3.63, 3.8) is 0 Å². The van der Waals surface area contributed by atoms with Crippen molar-refractivity contribution in [2.24, 2.45) is 5.16 Å². The summed E-state index contributed by atoms with van der Waals surface area (Å²) < 4.78 is 4.98. The number of aliphatic carboxylic acids is 1. The minimum atomic E-state index is -1.24. The van der Waals surface area contributed by atoms with Crippen LogP contribution in [0, 0.1) is 0 Å². The van der Waals surface area contributed by atoms with Crippen molar-refractivity contribution in [2.75, 3.05) is 31.9 Å². The minimum absolute atomic E-state index is 0.0898. The highest BCUT2D eigenvalue weighted by Crippen LogP contribution is 2.40. The molecule has 0 spiro atoms. The van der Waals surface area contributed by atoms with Crippen LogP contribution in [-0.2, 0) is 28.8 Å². The number of Topliss-reactive ketones (excluding diaryl/α,β-unsaturated/α-hetero) is 1. The summed E-state index contributed by atoms with van der Waals surface area (Å²) in [7, 11) is 2.62. The number of nitrogens with one attached hydrogen (secondary N) is 1. The molecule has 12 heteroatoms. The average molecular weight is 450 g/mol. The summed E-state index contributed by atoms with van der Waals surface area (Å²) in [5.74, 6) is -2.95. The van der Waals surface area contributed by atoms with Crippen LogP contribution in [0.15, 0.2) is 16.4 Å². The van der Waals surface area contributed by atoms with E-state index in [0.717, 1.165) is 4.90 Å². The first-order valence-electron chi connectivity index (χ1n) is 7.27. The van der Waals surface area contributed by atoms with Gasteiger partial charge in [0.05, 0.1) is 11.9 Å². The molecule has 0 bridgehead atoms. The van der Waals surface area contributed by atoms with Crippen molar-refractivity contribution in [3.8, 4) is 0 Å². The molecule has 2 aliphatic rings. The van der Waals surface area contributed by atoms with Crippen LogP contribution in [0.25, 0.3) is 0 Å². The number of carbonyl (C=O) groups excluding carboxylic acids is 3. The fourth-order valence-corrected chi connectivity index (χ4v) is 4.14. The second-order valence-electron chi connectivity index (χ2n) is 5.23. The van der Waals surface area contributed by atoms with E-state index in [2.05, 4.69) is 31.2 Å². The van der Waals surface area contributed by atoms with Gasteiger partial charge in [-0.05, 0) is 5.57 Å². The Morgan fingerprint density at radius 2 is 2.12 bits per heavy atom. The lowest BCUT2D eigenvalue weighted by Crippen LogP contribution is -2.71. The van der Waals surface area contributed by atoms with Crippen LogP contribution < -0.4 is 5.32 Å². The molecule has 1 saturated heterocycles. The molecule has 26 heavy (non-hydrogen) atoms. The number of β-lactam (4-membered cyclic amide) rings is 1. The van der Waals surface area contributed by atoms with Gasteiger partial charge in [-0.3, -0.25) is 19.3 Å². The van der Waals surface area contributed by atoms with Gasteiger partial charge in [0, 0.05) is 12.9 Å². The monoisotopic (exact) mass is 449 g/mol. The van der Waals surface area contributed by atoms with Gasteiger partial charge in [-0.15, -0.1) is 11.8 Å². The third-order valence-electron chi connectivity index (χ3n) is 3.64. The summed E-state index contributed by atoms with van der Waals surface area (Å²) in [5.41, 5.74) is -0.130. The molecule has 0 aliphatic carbocycles. The van der Waals surface area contributed by atoms with Gasteiger partial charge in [0.1, 0.15) is 24.2 Å². The Hall–Kier alpha value is -1.92. The molecule has 0 aromatic carbocycles. The maximum atomic E-state index is 12.4. The summed E-state index contributed by atoms with van der Waals surface area (Å²) in [6, 6.07) is -0.962. The normalized spacial score (nSPS) is 22.5. The molecular formula is C14H16BrN3O7S. The largest absolute Gasteiger partial charge is 0.477 e. The Morgan fingerprint density at radius 1 is 1.42 bits per heavy atom. The number of thioether (sulfide) groups is 1. The number of amides is 2. The Balaban J connectivity index is 2.18. The Kier molecular flexibility index (Phi) is 6.78. The van der Waals surface area contributed by atoms with Crippen molar-refractivity contribution in [1.29, 1.82) is 0 Å². The van der Waals surface area contributed by atoms with Crippen molar-refractivity contribution in [3.05, 3.63) is 11.3 Å². The van der Waals surface area contributed by atoms with Crippen molar-refractivity contribution < 1.29 is 33.9 Å². The molecule has 2 aliphatic heterocycles. The van der Waals surface area contributed by atoms with Crippen LogP contribution in [0.2, 0.25) is 0 Å². The summed E-state index contributed by atoms with van der Waals surface area (Å²) in [6.07, 6.45) is 0. The maximum Gasteiger partial charge on any atom is 0.352 e. The second kappa shape index (κ2) is 8.64. The number of fused-ring (bicyclic) bond motifs is 1. The number of methoxy groups -OCH3 is 1. The van der Waals surface area contributed by atoms with E-state index in [1.165, 1.54) is 26.0 Å². The lowest BCUT2D eigenvalue weighted by Gasteiger charge is -2.49. The number of carboxylic acids is 1. The van der Waals surface area contributed by atoms with Crippen LogP contribution in [0.5, 0.6) is 0 Å². The van der Waals surface area contributed by atoms with E-state index in [0.29, 0.717) is 11.3 Å². The zero-order valence-corrected chi connectivity index (χ0v) is 16.3. The zero-order valence-electron chi connectivity index (χ0n) is 13.9. The van der Waals surface area contributed by atoms with Crippen LogP contribution in [0.1, 0.15) is 0 Å². The first kappa shape index (κ1) is 20.4. The summed E-state index contributed by atoms with van der Waals surface area (Å²) in [4.78, 5) is 53.5. The number of alkyl halides is 1. The Morgan fingerprint density at radius 3 is 2.65 bits per heavy atom. The molecule has 2 rings (SSSR count). The molecule has 0 aromatic heterocycles. The van der Waals surface area contributed by atoms with E-state index in [-0.39, 0.29) is 17.6 Å². The van der Waals surface area contributed by atoms with Gasteiger partial charge in [0.15, 0.2) is 0 Å². The number of carbonyl (C=O) groups is 4. The zero-order chi connectivity index (χ0) is 19.4. The SMILES string of the molecule is COCC1=C(C(=O)O)N2C(=O)C(NC(=O)/C(=N\OC)C(=O)CBr)[C@@H]2SC1. The highest BCUT2D eigenvalue weighted by molar-refractivity contribution is 9.09.